The molecule has 0 bridgehead atoms. The highest BCUT2D eigenvalue weighted by atomic mass is 19.1. The SMILES string of the molecule is CNC(=O)COc1ccc(C(NC(=O)F)c2ccc(OC)cc2OC)cc1. The van der Waals surface area contributed by atoms with Crippen LogP contribution in [-0.2, 0) is 4.79 Å². The summed E-state index contributed by atoms with van der Waals surface area (Å²) in [6.45, 7) is -0.118. The van der Waals surface area contributed by atoms with Crippen LogP contribution < -0.4 is 24.8 Å². The second-order valence-electron chi connectivity index (χ2n) is 5.49. The molecule has 7 nitrogen and oxygen atoms in total. The smallest absolute Gasteiger partial charge is 0.398 e. The molecule has 0 heterocycles. The third-order valence-electron chi connectivity index (χ3n) is 3.87. The summed E-state index contributed by atoms with van der Waals surface area (Å²) in [5, 5.41) is 4.72. The molecule has 0 saturated carbocycles. The Kier molecular flexibility index (Phi) is 6.99. The van der Waals surface area contributed by atoms with Gasteiger partial charge in [-0.15, -0.1) is 4.39 Å². The first-order valence-electron chi connectivity index (χ1n) is 8.09. The summed E-state index contributed by atoms with van der Waals surface area (Å²) in [6, 6.07) is 10.8. The zero-order chi connectivity index (χ0) is 19.8. The van der Waals surface area contributed by atoms with E-state index in [9.17, 15) is 14.0 Å². The van der Waals surface area contributed by atoms with Gasteiger partial charge in [0, 0.05) is 18.7 Å². The molecule has 144 valence electrons. The maximum Gasteiger partial charge on any atom is 0.398 e. The maximum atomic E-state index is 13.1. The predicted octanol–water partition coefficient (Wildman–Crippen LogP) is 2.60. The molecule has 1 atom stereocenters. The molecule has 0 aliphatic carbocycles. The fourth-order valence-corrected chi connectivity index (χ4v) is 2.49. The van der Waals surface area contributed by atoms with Gasteiger partial charge >= 0.3 is 6.16 Å². The molecule has 27 heavy (non-hydrogen) atoms. The van der Waals surface area contributed by atoms with Gasteiger partial charge in [0.15, 0.2) is 6.61 Å². The average Bonchev–Trinajstić information content (AvgIpc) is 2.70. The van der Waals surface area contributed by atoms with E-state index < -0.39 is 12.2 Å². The second kappa shape index (κ2) is 9.42. The second-order valence-corrected chi connectivity index (χ2v) is 5.49. The Morgan fingerprint density at radius 2 is 1.70 bits per heavy atom. The molecular weight excluding hydrogens is 355 g/mol. The van der Waals surface area contributed by atoms with E-state index >= 15 is 0 Å². The Morgan fingerprint density at radius 3 is 2.26 bits per heavy atom. The summed E-state index contributed by atoms with van der Waals surface area (Å²) in [5.74, 6) is 1.21. The summed E-state index contributed by atoms with van der Waals surface area (Å²) >= 11 is 0. The Labute approximate surface area is 156 Å². The van der Waals surface area contributed by atoms with Crippen molar-refractivity contribution in [3.8, 4) is 17.2 Å². The molecular formula is C19H21FN2O5. The largest absolute Gasteiger partial charge is 0.497 e. The molecule has 1 unspecified atom stereocenters. The number of halogens is 1. The van der Waals surface area contributed by atoms with Crippen molar-refractivity contribution in [1.29, 1.82) is 0 Å². The lowest BCUT2D eigenvalue weighted by Gasteiger charge is -2.21. The number of benzene rings is 2. The topological polar surface area (TPSA) is 85.9 Å². The third-order valence-corrected chi connectivity index (χ3v) is 3.87. The van der Waals surface area contributed by atoms with E-state index in [1.165, 1.54) is 21.3 Å². The van der Waals surface area contributed by atoms with Crippen molar-refractivity contribution in [2.24, 2.45) is 0 Å². The van der Waals surface area contributed by atoms with Crippen molar-refractivity contribution in [3.63, 3.8) is 0 Å². The molecule has 2 amide bonds. The van der Waals surface area contributed by atoms with Crippen LogP contribution in [-0.4, -0.2) is 39.9 Å². The van der Waals surface area contributed by atoms with Crippen LogP contribution in [0, 0.1) is 0 Å². The number of carbonyl (C=O) groups is 2. The summed E-state index contributed by atoms with van der Waals surface area (Å²) < 4.78 is 29.0. The van der Waals surface area contributed by atoms with Gasteiger partial charge in [-0.1, -0.05) is 12.1 Å². The van der Waals surface area contributed by atoms with Crippen LogP contribution in [0.15, 0.2) is 42.5 Å². The quantitative estimate of drug-likeness (QED) is 0.546. The Morgan fingerprint density at radius 1 is 1.04 bits per heavy atom. The van der Waals surface area contributed by atoms with Crippen LogP contribution in [0.3, 0.4) is 0 Å². The summed E-state index contributed by atoms with van der Waals surface area (Å²) in [4.78, 5) is 22.3. The normalized spacial score (nSPS) is 11.3. The molecule has 2 aromatic carbocycles. The van der Waals surface area contributed by atoms with Crippen molar-refractivity contribution in [1.82, 2.24) is 10.6 Å². The number of ether oxygens (including phenoxy) is 3. The molecule has 0 fully saturated rings. The number of likely N-dealkylation sites (N-methyl/N-ethyl adjacent to an activating group) is 1. The minimum Gasteiger partial charge on any atom is -0.497 e. The average molecular weight is 376 g/mol. The molecule has 0 radical (unpaired) electrons. The van der Waals surface area contributed by atoms with Gasteiger partial charge in [-0.3, -0.25) is 4.79 Å². The van der Waals surface area contributed by atoms with Gasteiger partial charge in [0.05, 0.1) is 20.3 Å². The Hall–Kier alpha value is -3.29. The van der Waals surface area contributed by atoms with Crippen molar-refractivity contribution in [3.05, 3.63) is 53.6 Å². The fourth-order valence-electron chi connectivity index (χ4n) is 2.49. The summed E-state index contributed by atoms with van der Waals surface area (Å²) in [6.07, 6.45) is -1.67. The van der Waals surface area contributed by atoms with Gasteiger partial charge in [-0.2, -0.15) is 0 Å². The van der Waals surface area contributed by atoms with Gasteiger partial charge < -0.3 is 24.8 Å². The first-order valence-corrected chi connectivity index (χ1v) is 8.09. The first-order chi connectivity index (χ1) is 13.0. The fraction of sp³-hybridized carbons (Fsp3) is 0.263. The minimum absolute atomic E-state index is 0.118. The van der Waals surface area contributed by atoms with E-state index in [2.05, 4.69) is 10.6 Å². The van der Waals surface area contributed by atoms with Crippen molar-refractivity contribution in [2.75, 3.05) is 27.9 Å². The zero-order valence-corrected chi connectivity index (χ0v) is 15.2. The number of carbonyl (C=O) groups excluding carboxylic acids is 2. The molecule has 0 aliphatic heterocycles. The predicted molar refractivity (Wildman–Crippen MR) is 97.0 cm³/mol. The van der Waals surface area contributed by atoms with Crippen LogP contribution in [0.2, 0.25) is 0 Å². The van der Waals surface area contributed by atoms with E-state index in [0.717, 1.165) is 0 Å². The lowest BCUT2D eigenvalue weighted by molar-refractivity contribution is -0.122. The highest BCUT2D eigenvalue weighted by Crippen LogP contribution is 2.33. The highest BCUT2D eigenvalue weighted by molar-refractivity contribution is 5.77. The maximum absolute atomic E-state index is 13.1. The Bertz CT molecular complexity index is 795. The number of amides is 2. The first kappa shape index (κ1) is 20.0. The summed E-state index contributed by atoms with van der Waals surface area (Å²) in [5.41, 5.74) is 1.17. The number of hydrogen-bond acceptors (Lipinski definition) is 5. The van der Waals surface area contributed by atoms with E-state index in [4.69, 9.17) is 14.2 Å². The standard InChI is InChI=1S/C19H21FN2O5/c1-21-17(23)11-27-13-6-4-12(5-7-13)18(22-19(20)24)15-9-8-14(25-2)10-16(15)26-3/h4-10,18H,11H2,1-3H3,(H,21,23)(H,22,24). The zero-order valence-electron chi connectivity index (χ0n) is 15.2. The molecule has 2 N–H and O–H groups in total. The van der Waals surface area contributed by atoms with Gasteiger partial charge in [0.1, 0.15) is 17.2 Å². The van der Waals surface area contributed by atoms with Crippen LogP contribution in [0.25, 0.3) is 0 Å². The van der Waals surface area contributed by atoms with Crippen molar-refractivity contribution < 1.29 is 28.2 Å². The molecule has 2 aromatic rings. The van der Waals surface area contributed by atoms with Gasteiger partial charge in [0.2, 0.25) is 0 Å². The third kappa shape index (κ3) is 5.34. The molecule has 2 rings (SSSR count). The van der Waals surface area contributed by atoms with Gasteiger partial charge in [-0.25, -0.2) is 4.79 Å². The number of hydrogen-bond donors (Lipinski definition) is 2. The lowest BCUT2D eigenvalue weighted by Crippen LogP contribution is -2.26. The molecule has 0 aliphatic rings. The van der Waals surface area contributed by atoms with Crippen molar-refractivity contribution >= 4 is 12.1 Å². The van der Waals surface area contributed by atoms with Crippen molar-refractivity contribution in [2.45, 2.75) is 6.04 Å². The Balaban J connectivity index is 2.31. The summed E-state index contributed by atoms with van der Waals surface area (Å²) in [7, 11) is 4.51. The number of nitrogens with one attached hydrogen (secondary N) is 2. The van der Waals surface area contributed by atoms with Crippen LogP contribution in [0.4, 0.5) is 9.18 Å². The molecule has 0 spiro atoms. The minimum atomic E-state index is -1.67. The van der Waals surface area contributed by atoms with E-state index in [0.29, 0.717) is 28.4 Å². The van der Waals surface area contributed by atoms with E-state index in [1.807, 2.05) is 0 Å². The monoisotopic (exact) mass is 376 g/mol. The van der Waals surface area contributed by atoms with Crippen LogP contribution >= 0.6 is 0 Å². The molecule has 0 aromatic heterocycles. The highest BCUT2D eigenvalue weighted by Gasteiger charge is 2.21. The molecule has 8 heteroatoms. The van der Waals surface area contributed by atoms with Gasteiger partial charge in [0.25, 0.3) is 5.91 Å². The number of methoxy groups -OCH3 is 2. The van der Waals surface area contributed by atoms with Crippen LogP contribution in [0.1, 0.15) is 17.2 Å². The number of rotatable bonds is 8. The lowest BCUT2D eigenvalue weighted by atomic mass is 9.97. The van der Waals surface area contributed by atoms with E-state index in [1.54, 1.807) is 42.5 Å². The molecule has 0 saturated heterocycles. The van der Waals surface area contributed by atoms with Gasteiger partial charge in [-0.05, 0) is 29.8 Å². The van der Waals surface area contributed by atoms with Crippen LogP contribution in [0.5, 0.6) is 17.2 Å². The van der Waals surface area contributed by atoms with E-state index in [-0.39, 0.29) is 12.5 Å².